The molecular formula is C19H21NO3. The Morgan fingerprint density at radius 1 is 1.13 bits per heavy atom. The average molecular weight is 311 g/mol. The van der Waals surface area contributed by atoms with Crippen LogP contribution in [0.2, 0.25) is 0 Å². The van der Waals surface area contributed by atoms with E-state index in [0.717, 1.165) is 28.2 Å². The molecule has 0 bridgehead atoms. The maximum Gasteiger partial charge on any atom is 0.254 e. The van der Waals surface area contributed by atoms with E-state index in [-0.39, 0.29) is 12.0 Å². The average Bonchev–Trinajstić information content (AvgIpc) is 2.56. The fraction of sp³-hybridized carbons (Fsp3) is 0.316. The first-order chi connectivity index (χ1) is 11.1. The van der Waals surface area contributed by atoms with E-state index < -0.39 is 0 Å². The Balaban J connectivity index is 1.69. The number of benzene rings is 2. The summed E-state index contributed by atoms with van der Waals surface area (Å²) in [7, 11) is 1.80. The van der Waals surface area contributed by atoms with Gasteiger partial charge in [-0.25, -0.2) is 0 Å². The van der Waals surface area contributed by atoms with Crippen molar-refractivity contribution in [1.82, 2.24) is 4.90 Å². The topological polar surface area (TPSA) is 38.8 Å². The summed E-state index contributed by atoms with van der Waals surface area (Å²) in [4.78, 5) is 14.4. The van der Waals surface area contributed by atoms with Crippen molar-refractivity contribution in [3.8, 4) is 11.5 Å². The minimum atomic E-state index is -0.163. The number of ether oxygens (including phenoxy) is 2. The molecule has 120 valence electrons. The van der Waals surface area contributed by atoms with Crippen LogP contribution in [-0.2, 0) is 0 Å². The Morgan fingerprint density at radius 2 is 1.87 bits per heavy atom. The molecule has 2 aromatic rings. The van der Waals surface area contributed by atoms with Crippen molar-refractivity contribution in [2.24, 2.45) is 0 Å². The van der Waals surface area contributed by atoms with Gasteiger partial charge in [0.15, 0.2) is 17.6 Å². The first kappa shape index (κ1) is 15.4. The van der Waals surface area contributed by atoms with Gasteiger partial charge in [0.05, 0.1) is 6.54 Å². The van der Waals surface area contributed by atoms with Crippen LogP contribution in [0, 0.1) is 13.8 Å². The molecule has 0 saturated carbocycles. The smallest absolute Gasteiger partial charge is 0.254 e. The highest BCUT2D eigenvalue weighted by molar-refractivity contribution is 5.95. The van der Waals surface area contributed by atoms with Crippen molar-refractivity contribution in [3.63, 3.8) is 0 Å². The second-order valence-electron chi connectivity index (χ2n) is 5.93. The van der Waals surface area contributed by atoms with Crippen LogP contribution in [0.25, 0.3) is 0 Å². The highest BCUT2D eigenvalue weighted by Gasteiger charge is 2.24. The zero-order valence-corrected chi connectivity index (χ0v) is 13.7. The lowest BCUT2D eigenvalue weighted by Gasteiger charge is -2.30. The second kappa shape index (κ2) is 6.32. The number of fused-ring (bicyclic) bond motifs is 1. The molecule has 1 heterocycles. The third kappa shape index (κ3) is 3.16. The van der Waals surface area contributed by atoms with Crippen LogP contribution in [0.3, 0.4) is 0 Å². The fourth-order valence-corrected chi connectivity index (χ4v) is 2.73. The molecule has 1 amide bonds. The van der Waals surface area contributed by atoms with E-state index in [4.69, 9.17) is 9.47 Å². The summed E-state index contributed by atoms with van der Waals surface area (Å²) >= 11 is 0. The minimum absolute atomic E-state index is 0.00802. The molecule has 3 rings (SSSR count). The van der Waals surface area contributed by atoms with Crippen LogP contribution >= 0.6 is 0 Å². The summed E-state index contributed by atoms with van der Waals surface area (Å²) in [5.74, 6) is 1.50. The number of likely N-dealkylation sites (N-methyl/N-ethyl adjacent to an activating group) is 1. The number of hydrogen-bond acceptors (Lipinski definition) is 3. The third-order valence-electron chi connectivity index (χ3n) is 4.23. The number of aryl methyl sites for hydroxylation is 1. The molecule has 1 atom stereocenters. The molecule has 2 aromatic carbocycles. The maximum atomic E-state index is 12.7. The summed E-state index contributed by atoms with van der Waals surface area (Å²) in [6, 6.07) is 13.4. The molecular weight excluding hydrogens is 290 g/mol. The molecule has 0 spiro atoms. The van der Waals surface area contributed by atoms with Crippen LogP contribution in [-0.4, -0.2) is 37.1 Å². The molecule has 1 aliphatic rings. The molecule has 0 aliphatic carbocycles. The zero-order valence-electron chi connectivity index (χ0n) is 13.7. The van der Waals surface area contributed by atoms with Crippen molar-refractivity contribution < 1.29 is 14.3 Å². The quantitative estimate of drug-likeness (QED) is 0.873. The molecule has 4 nitrogen and oxygen atoms in total. The van der Waals surface area contributed by atoms with Gasteiger partial charge in [-0.2, -0.15) is 0 Å². The van der Waals surface area contributed by atoms with Crippen LogP contribution in [0.4, 0.5) is 0 Å². The molecule has 0 aromatic heterocycles. The van der Waals surface area contributed by atoms with Crippen LogP contribution in [0.15, 0.2) is 42.5 Å². The lowest BCUT2D eigenvalue weighted by atomic mass is 10.0. The summed E-state index contributed by atoms with van der Waals surface area (Å²) in [5, 5.41) is 0. The van der Waals surface area contributed by atoms with Crippen LogP contribution in [0.5, 0.6) is 11.5 Å². The van der Waals surface area contributed by atoms with Gasteiger partial charge in [0.25, 0.3) is 5.91 Å². The normalized spacial score (nSPS) is 16.0. The monoisotopic (exact) mass is 311 g/mol. The summed E-state index contributed by atoms with van der Waals surface area (Å²) in [6.07, 6.45) is -0.163. The summed E-state index contributed by atoms with van der Waals surface area (Å²) in [6.45, 7) is 4.93. The Morgan fingerprint density at radius 3 is 2.65 bits per heavy atom. The molecule has 23 heavy (non-hydrogen) atoms. The predicted octanol–water partition coefficient (Wildman–Crippen LogP) is 3.22. The first-order valence-corrected chi connectivity index (χ1v) is 7.76. The van der Waals surface area contributed by atoms with Gasteiger partial charge >= 0.3 is 0 Å². The van der Waals surface area contributed by atoms with Gasteiger partial charge in [0.2, 0.25) is 0 Å². The largest absolute Gasteiger partial charge is 0.486 e. The molecule has 0 fully saturated rings. The number of carbonyl (C=O) groups excluding carboxylic acids is 1. The Kier molecular flexibility index (Phi) is 4.24. The van der Waals surface area contributed by atoms with Crippen molar-refractivity contribution in [3.05, 3.63) is 59.2 Å². The van der Waals surface area contributed by atoms with Gasteiger partial charge in [-0.1, -0.05) is 24.3 Å². The molecule has 0 saturated heterocycles. The number of carbonyl (C=O) groups is 1. The van der Waals surface area contributed by atoms with Gasteiger partial charge in [-0.3, -0.25) is 4.79 Å². The number of nitrogens with zero attached hydrogens (tertiary/aromatic N) is 1. The predicted molar refractivity (Wildman–Crippen MR) is 89.2 cm³/mol. The van der Waals surface area contributed by atoms with Crippen LogP contribution < -0.4 is 9.47 Å². The Bertz CT molecular complexity index is 726. The number of hydrogen-bond donors (Lipinski definition) is 0. The van der Waals surface area contributed by atoms with E-state index >= 15 is 0 Å². The van der Waals surface area contributed by atoms with Gasteiger partial charge in [0, 0.05) is 12.6 Å². The Hall–Kier alpha value is -2.49. The first-order valence-electron chi connectivity index (χ1n) is 7.76. The van der Waals surface area contributed by atoms with Gasteiger partial charge in [-0.05, 0) is 43.2 Å². The standard InChI is InChI=1S/C19H21NO3/c1-13-7-6-8-16(14(13)2)19(21)20(3)11-15-12-22-17-9-4-5-10-18(17)23-15/h4-10,15H,11-12H2,1-3H3/t15-/m0/s1. The molecule has 0 unspecified atom stereocenters. The van der Waals surface area contributed by atoms with Crippen molar-refractivity contribution in [1.29, 1.82) is 0 Å². The maximum absolute atomic E-state index is 12.7. The van der Waals surface area contributed by atoms with E-state index in [1.54, 1.807) is 11.9 Å². The van der Waals surface area contributed by atoms with Crippen molar-refractivity contribution >= 4 is 5.91 Å². The van der Waals surface area contributed by atoms with E-state index in [0.29, 0.717) is 13.2 Å². The molecule has 1 aliphatic heterocycles. The molecule has 0 radical (unpaired) electrons. The van der Waals surface area contributed by atoms with Gasteiger partial charge < -0.3 is 14.4 Å². The lowest BCUT2D eigenvalue weighted by molar-refractivity contribution is 0.0520. The SMILES string of the molecule is Cc1cccc(C(=O)N(C)C[C@H]2COc3ccccc3O2)c1C. The van der Waals surface area contributed by atoms with E-state index in [1.165, 1.54) is 0 Å². The highest BCUT2D eigenvalue weighted by atomic mass is 16.6. The Labute approximate surface area is 136 Å². The molecule has 4 heteroatoms. The number of amides is 1. The fourth-order valence-electron chi connectivity index (χ4n) is 2.73. The second-order valence-corrected chi connectivity index (χ2v) is 5.93. The summed E-state index contributed by atoms with van der Waals surface area (Å²) < 4.78 is 11.6. The van der Waals surface area contributed by atoms with Gasteiger partial charge in [0.1, 0.15) is 6.61 Å². The lowest BCUT2D eigenvalue weighted by Crippen LogP contribution is -2.42. The summed E-state index contributed by atoms with van der Waals surface area (Å²) in [5.41, 5.74) is 2.88. The van der Waals surface area contributed by atoms with E-state index in [9.17, 15) is 4.79 Å². The van der Waals surface area contributed by atoms with Crippen molar-refractivity contribution in [2.45, 2.75) is 20.0 Å². The van der Waals surface area contributed by atoms with E-state index in [2.05, 4.69) is 0 Å². The minimum Gasteiger partial charge on any atom is -0.486 e. The van der Waals surface area contributed by atoms with Crippen molar-refractivity contribution in [2.75, 3.05) is 20.2 Å². The molecule has 0 N–H and O–H groups in total. The third-order valence-corrected chi connectivity index (χ3v) is 4.23. The zero-order chi connectivity index (χ0) is 16.4. The van der Waals surface area contributed by atoms with Crippen LogP contribution in [0.1, 0.15) is 21.5 Å². The van der Waals surface area contributed by atoms with E-state index in [1.807, 2.05) is 56.3 Å². The van der Waals surface area contributed by atoms with Gasteiger partial charge in [-0.15, -0.1) is 0 Å². The highest BCUT2D eigenvalue weighted by Crippen LogP contribution is 2.31. The number of rotatable bonds is 3. The number of para-hydroxylation sites is 2.